The zero-order valence-corrected chi connectivity index (χ0v) is 24.0. The number of hydrogen-bond acceptors (Lipinski definition) is 5. The third-order valence-electron chi connectivity index (χ3n) is 5.40. The third-order valence-corrected chi connectivity index (χ3v) is 9.03. The maximum atomic E-state index is 12.7. The molecule has 0 unspecified atom stereocenters. The molecular formula is C26H20Cl3N3O5S2. The number of hydrogen-bond donors (Lipinski definition) is 3. The van der Waals surface area contributed by atoms with Gasteiger partial charge in [-0.05, 0) is 79.7 Å². The van der Waals surface area contributed by atoms with E-state index in [1.54, 1.807) is 12.1 Å². The van der Waals surface area contributed by atoms with Crippen LogP contribution in [0.3, 0.4) is 0 Å². The Morgan fingerprint density at radius 3 is 1.64 bits per heavy atom. The van der Waals surface area contributed by atoms with E-state index in [0.717, 1.165) is 5.56 Å². The Morgan fingerprint density at radius 2 is 1.13 bits per heavy atom. The van der Waals surface area contributed by atoms with Gasteiger partial charge in [-0.1, -0.05) is 52.5 Å². The monoisotopic (exact) mass is 623 g/mol. The van der Waals surface area contributed by atoms with Crippen LogP contribution in [0, 0.1) is 6.92 Å². The summed E-state index contributed by atoms with van der Waals surface area (Å²) in [7, 11) is -7.83. The second kappa shape index (κ2) is 11.4. The lowest BCUT2D eigenvalue weighted by Gasteiger charge is -2.12. The highest BCUT2D eigenvalue weighted by Gasteiger charge is 2.18. The van der Waals surface area contributed by atoms with Gasteiger partial charge in [-0.2, -0.15) is 0 Å². The van der Waals surface area contributed by atoms with Gasteiger partial charge in [-0.3, -0.25) is 14.2 Å². The highest BCUT2D eigenvalue weighted by atomic mass is 35.5. The van der Waals surface area contributed by atoms with Crippen LogP contribution < -0.4 is 14.8 Å². The van der Waals surface area contributed by atoms with Crippen molar-refractivity contribution in [1.29, 1.82) is 0 Å². The van der Waals surface area contributed by atoms with Crippen LogP contribution in [0.15, 0.2) is 94.7 Å². The van der Waals surface area contributed by atoms with Gasteiger partial charge in [-0.15, -0.1) is 0 Å². The summed E-state index contributed by atoms with van der Waals surface area (Å²) in [5.41, 5.74) is 1.67. The van der Waals surface area contributed by atoms with Crippen LogP contribution in [0.25, 0.3) is 0 Å². The summed E-state index contributed by atoms with van der Waals surface area (Å²) in [6, 6.07) is 20.3. The zero-order valence-electron chi connectivity index (χ0n) is 20.1. The first kappa shape index (κ1) is 28.7. The third kappa shape index (κ3) is 7.03. The van der Waals surface area contributed by atoms with Crippen molar-refractivity contribution in [1.82, 2.24) is 0 Å². The summed E-state index contributed by atoms with van der Waals surface area (Å²) in [6.45, 7) is 1.84. The summed E-state index contributed by atoms with van der Waals surface area (Å²) in [6.07, 6.45) is 0. The van der Waals surface area contributed by atoms with Crippen molar-refractivity contribution in [3.8, 4) is 0 Å². The van der Waals surface area contributed by atoms with E-state index in [9.17, 15) is 21.6 Å². The Hall–Kier alpha value is -3.28. The van der Waals surface area contributed by atoms with Crippen molar-refractivity contribution < 1.29 is 21.6 Å². The fourth-order valence-corrected chi connectivity index (χ4v) is 6.31. The molecule has 0 atom stereocenters. The molecule has 0 aromatic heterocycles. The molecule has 3 N–H and O–H groups in total. The Kier molecular flexibility index (Phi) is 8.43. The molecule has 1 amide bonds. The number of aryl methyl sites for hydroxylation is 1. The first-order chi connectivity index (χ1) is 18.3. The summed E-state index contributed by atoms with van der Waals surface area (Å²) < 4.78 is 55.5. The molecule has 0 aliphatic heterocycles. The summed E-state index contributed by atoms with van der Waals surface area (Å²) in [4.78, 5) is 12.8. The minimum atomic E-state index is -3.96. The molecule has 202 valence electrons. The summed E-state index contributed by atoms with van der Waals surface area (Å²) in [5, 5.41) is 3.17. The van der Waals surface area contributed by atoms with E-state index in [1.807, 2.05) is 6.92 Å². The standard InChI is InChI=1S/C26H20Cl3N3O5S2/c1-16-2-8-20(9-3-16)38(34,35)31-24-12-4-17(14-22(24)28)26(33)30-19-6-10-21(11-7-19)39(36,37)32-25-13-5-18(27)15-23(25)29/h2-15,31-32H,1H3,(H,30,33). The molecule has 0 bridgehead atoms. The number of carbonyl (C=O) groups is 1. The van der Waals surface area contributed by atoms with Gasteiger partial charge in [0, 0.05) is 16.3 Å². The van der Waals surface area contributed by atoms with E-state index < -0.39 is 26.0 Å². The van der Waals surface area contributed by atoms with Gasteiger partial charge in [-0.25, -0.2) is 16.8 Å². The van der Waals surface area contributed by atoms with E-state index in [-0.39, 0.29) is 36.8 Å². The lowest BCUT2D eigenvalue weighted by atomic mass is 10.2. The Labute approximate surface area is 241 Å². The molecule has 0 heterocycles. The van der Waals surface area contributed by atoms with Crippen LogP contribution in [-0.4, -0.2) is 22.7 Å². The molecule has 4 aromatic carbocycles. The number of sulfonamides is 2. The first-order valence-electron chi connectivity index (χ1n) is 11.1. The number of carbonyl (C=O) groups excluding carboxylic acids is 1. The van der Waals surface area contributed by atoms with Crippen LogP contribution in [0.4, 0.5) is 17.1 Å². The molecule has 0 fully saturated rings. The van der Waals surface area contributed by atoms with Crippen molar-refractivity contribution in [3.63, 3.8) is 0 Å². The maximum Gasteiger partial charge on any atom is 0.261 e. The average molecular weight is 625 g/mol. The molecule has 0 radical (unpaired) electrons. The van der Waals surface area contributed by atoms with Gasteiger partial charge in [0.25, 0.3) is 26.0 Å². The van der Waals surface area contributed by atoms with Gasteiger partial charge in [0.2, 0.25) is 0 Å². The minimum absolute atomic E-state index is 0.0201. The lowest BCUT2D eigenvalue weighted by Crippen LogP contribution is -2.15. The topological polar surface area (TPSA) is 121 Å². The van der Waals surface area contributed by atoms with Gasteiger partial charge in [0.1, 0.15) is 0 Å². The average Bonchev–Trinajstić information content (AvgIpc) is 2.87. The SMILES string of the molecule is Cc1ccc(S(=O)(=O)Nc2ccc(C(=O)Nc3ccc(S(=O)(=O)Nc4ccc(Cl)cc4Cl)cc3)cc2Cl)cc1. The molecular weight excluding hydrogens is 605 g/mol. The number of rotatable bonds is 8. The van der Waals surface area contributed by atoms with Crippen molar-refractivity contribution in [2.45, 2.75) is 16.7 Å². The Morgan fingerprint density at radius 1 is 0.641 bits per heavy atom. The Bertz CT molecular complexity index is 1760. The predicted octanol–water partition coefficient (Wildman–Crippen LogP) is 6.81. The number of nitrogens with one attached hydrogen (secondary N) is 3. The van der Waals surface area contributed by atoms with Crippen molar-refractivity contribution in [2.24, 2.45) is 0 Å². The molecule has 4 aromatic rings. The first-order valence-corrected chi connectivity index (χ1v) is 15.2. The van der Waals surface area contributed by atoms with Crippen molar-refractivity contribution >= 4 is 77.8 Å². The molecule has 0 spiro atoms. The van der Waals surface area contributed by atoms with Gasteiger partial charge in [0.05, 0.1) is 31.2 Å². The molecule has 0 aliphatic carbocycles. The molecule has 13 heteroatoms. The van der Waals surface area contributed by atoms with Crippen LogP contribution >= 0.6 is 34.8 Å². The van der Waals surface area contributed by atoms with Crippen molar-refractivity contribution in [2.75, 3.05) is 14.8 Å². The fourth-order valence-electron chi connectivity index (χ4n) is 3.36. The minimum Gasteiger partial charge on any atom is -0.322 e. The second-order valence-corrected chi connectivity index (χ2v) is 12.9. The van der Waals surface area contributed by atoms with Gasteiger partial charge in [0.15, 0.2) is 0 Å². The lowest BCUT2D eigenvalue weighted by molar-refractivity contribution is 0.102. The Balaban J connectivity index is 1.44. The summed E-state index contributed by atoms with van der Waals surface area (Å²) in [5.74, 6) is -0.536. The van der Waals surface area contributed by atoms with Crippen LogP contribution in [0.1, 0.15) is 15.9 Å². The molecule has 39 heavy (non-hydrogen) atoms. The molecule has 0 saturated carbocycles. The number of amides is 1. The normalized spacial score (nSPS) is 11.6. The summed E-state index contributed by atoms with van der Waals surface area (Å²) >= 11 is 18.1. The van der Waals surface area contributed by atoms with Crippen molar-refractivity contribution in [3.05, 3.63) is 111 Å². The van der Waals surface area contributed by atoms with E-state index >= 15 is 0 Å². The quantitative estimate of drug-likeness (QED) is 0.199. The fraction of sp³-hybridized carbons (Fsp3) is 0.0385. The van der Waals surface area contributed by atoms with E-state index in [2.05, 4.69) is 14.8 Å². The van der Waals surface area contributed by atoms with E-state index in [0.29, 0.717) is 10.7 Å². The zero-order chi connectivity index (χ0) is 28.4. The van der Waals surface area contributed by atoms with Crippen LogP contribution in [0.2, 0.25) is 15.1 Å². The molecule has 4 rings (SSSR count). The number of anilines is 3. The maximum absolute atomic E-state index is 12.7. The van der Waals surface area contributed by atoms with Crippen LogP contribution in [0.5, 0.6) is 0 Å². The van der Waals surface area contributed by atoms with E-state index in [4.69, 9.17) is 34.8 Å². The second-order valence-electron chi connectivity index (χ2n) is 8.32. The molecule has 8 nitrogen and oxygen atoms in total. The number of halogens is 3. The molecule has 0 saturated heterocycles. The van der Waals surface area contributed by atoms with Gasteiger partial charge < -0.3 is 5.32 Å². The highest BCUT2D eigenvalue weighted by Crippen LogP contribution is 2.29. The van der Waals surface area contributed by atoms with Crippen LogP contribution in [-0.2, 0) is 20.0 Å². The van der Waals surface area contributed by atoms with E-state index in [1.165, 1.54) is 72.8 Å². The largest absolute Gasteiger partial charge is 0.322 e. The highest BCUT2D eigenvalue weighted by molar-refractivity contribution is 7.93. The molecule has 0 aliphatic rings. The number of benzene rings is 4. The predicted molar refractivity (Wildman–Crippen MR) is 155 cm³/mol. The smallest absolute Gasteiger partial charge is 0.261 e. The van der Waals surface area contributed by atoms with Gasteiger partial charge >= 0.3 is 0 Å².